The average Bonchev–Trinajstić information content (AvgIpc) is 3.03. The van der Waals surface area contributed by atoms with E-state index in [0.717, 1.165) is 6.07 Å². The van der Waals surface area contributed by atoms with Gasteiger partial charge in [-0.3, -0.25) is 14.8 Å². The first-order valence-corrected chi connectivity index (χ1v) is 6.44. The van der Waals surface area contributed by atoms with Gasteiger partial charge in [-0.05, 0) is 18.9 Å². The highest BCUT2D eigenvalue weighted by Crippen LogP contribution is 2.37. The molecule has 2 rings (SSSR count). The molecule has 0 amide bonds. The molecular formula is C9H10N2O5S. The van der Waals surface area contributed by atoms with Crippen molar-refractivity contribution in [1.29, 1.82) is 0 Å². The highest BCUT2D eigenvalue weighted by Gasteiger charge is 2.37. The van der Waals surface area contributed by atoms with Crippen molar-refractivity contribution in [2.75, 3.05) is 4.72 Å². The second-order valence-electron chi connectivity index (χ2n) is 3.77. The van der Waals surface area contributed by atoms with E-state index in [-0.39, 0.29) is 5.69 Å². The summed E-state index contributed by atoms with van der Waals surface area (Å²) < 4.78 is 25.4. The molecule has 1 aromatic rings. The molecule has 8 heteroatoms. The summed E-state index contributed by atoms with van der Waals surface area (Å²) in [5.74, 6) is -0.455. The smallest absolute Gasteiger partial charge is 0.297 e. The van der Waals surface area contributed by atoms with Gasteiger partial charge in [-0.1, -0.05) is 6.07 Å². The number of phenols is 1. The molecule has 1 aromatic carbocycles. The predicted molar refractivity (Wildman–Crippen MR) is 60.3 cm³/mol. The van der Waals surface area contributed by atoms with Crippen molar-refractivity contribution in [3.8, 4) is 5.75 Å². The molecule has 0 aliphatic heterocycles. The van der Waals surface area contributed by atoms with Gasteiger partial charge >= 0.3 is 0 Å². The molecule has 0 saturated heterocycles. The fraction of sp³-hybridized carbons (Fsp3) is 0.333. The molecule has 1 aliphatic rings. The standard InChI is InChI=1S/C9H10N2O5S/c12-8-3-1-2-7(11(13)14)9(8)10-17(15,16)6-4-5-6/h1-3,6,10,12H,4-5H2. The van der Waals surface area contributed by atoms with Crippen molar-refractivity contribution in [2.45, 2.75) is 18.1 Å². The molecule has 1 saturated carbocycles. The summed E-state index contributed by atoms with van der Waals surface area (Å²) in [5, 5.41) is 19.7. The van der Waals surface area contributed by atoms with Crippen molar-refractivity contribution in [2.24, 2.45) is 0 Å². The molecule has 0 unspecified atom stereocenters. The fourth-order valence-electron chi connectivity index (χ4n) is 1.39. The number of phenolic OH excluding ortho intramolecular Hbond substituents is 1. The van der Waals surface area contributed by atoms with Crippen LogP contribution in [0.25, 0.3) is 0 Å². The van der Waals surface area contributed by atoms with Crippen molar-refractivity contribution in [1.82, 2.24) is 0 Å². The van der Waals surface area contributed by atoms with E-state index in [4.69, 9.17) is 0 Å². The average molecular weight is 258 g/mol. The van der Waals surface area contributed by atoms with Crippen molar-refractivity contribution >= 4 is 21.4 Å². The Morgan fingerprint density at radius 2 is 2.06 bits per heavy atom. The zero-order valence-corrected chi connectivity index (χ0v) is 9.48. The fourth-order valence-corrected chi connectivity index (χ4v) is 2.81. The number of anilines is 1. The largest absolute Gasteiger partial charge is 0.505 e. The Bertz CT molecular complexity index is 565. The normalized spacial score (nSPS) is 15.5. The maximum absolute atomic E-state index is 11.6. The monoisotopic (exact) mass is 258 g/mol. The first-order chi connectivity index (χ1) is 7.92. The lowest BCUT2D eigenvalue weighted by atomic mass is 10.2. The van der Waals surface area contributed by atoms with Gasteiger partial charge in [0.05, 0.1) is 10.2 Å². The van der Waals surface area contributed by atoms with Gasteiger partial charge in [-0.25, -0.2) is 8.42 Å². The molecule has 2 N–H and O–H groups in total. The Morgan fingerprint density at radius 1 is 1.41 bits per heavy atom. The van der Waals surface area contributed by atoms with Crippen molar-refractivity contribution in [3.63, 3.8) is 0 Å². The molecule has 0 heterocycles. The maximum Gasteiger partial charge on any atom is 0.297 e. The summed E-state index contributed by atoms with van der Waals surface area (Å²) in [6.07, 6.45) is 1.08. The quantitative estimate of drug-likeness (QED) is 0.479. The minimum Gasteiger partial charge on any atom is -0.505 e. The first-order valence-electron chi connectivity index (χ1n) is 4.90. The van der Waals surface area contributed by atoms with Crippen LogP contribution in [-0.2, 0) is 10.0 Å². The molecule has 0 bridgehead atoms. The minimum atomic E-state index is -3.63. The van der Waals surface area contributed by atoms with E-state index in [9.17, 15) is 23.6 Å². The van der Waals surface area contributed by atoms with E-state index in [1.807, 2.05) is 0 Å². The number of nitro groups is 1. The molecule has 17 heavy (non-hydrogen) atoms. The third kappa shape index (κ3) is 2.31. The molecule has 0 aromatic heterocycles. The molecule has 1 fully saturated rings. The number of nitrogens with zero attached hydrogens (tertiary/aromatic N) is 1. The van der Waals surface area contributed by atoms with Gasteiger partial charge in [0.2, 0.25) is 10.0 Å². The van der Waals surface area contributed by atoms with Gasteiger partial charge in [0.15, 0.2) is 5.69 Å². The second-order valence-corrected chi connectivity index (χ2v) is 5.74. The van der Waals surface area contributed by atoms with Gasteiger partial charge in [-0.2, -0.15) is 0 Å². The summed E-state index contributed by atoms with van der Waals surface area (Å²) >= 11 is 0. The maximum atomic E-state index is 11.6. The van der Waals surface area contributed by atoms with Crippen molar-refractivity contribution in [3.05, 3.63) is 28.3 Å². The number of hydrogen-bond acceptors (Lipinski definition) is 5. The van der Waals surface area contributed by atoms with Crippen LogP contribution in [0.2, 0.25) is 0 Å². The third-order valence-corrected chi connectivity index (χ3v) is 4.26. The van der Waals surface area contributed by atoms with Crippen LogP contribution in [0, 0.1) is 10.1 Å². The van der Waals surface area contributed by atoms with Crippen LogP contribution < -0.4 is 4.72 Å². The predicted octanol–water partition coefficient (Wildman–Crippen LogP) is 1.20. The van der Waals surface area contributed by atoms with E-state index in [2.05, 4.69) is 4.72 Å². The highest BCUT2D eigenvalue weighted by atomic mass is 32.2. The van der Waals surface area contributed by atoms with Gasteiger partial charge in [0.25, 0.3) is 5.69 Å². The summed E-state index contributed by atoms with van der Waals surface area (Å²) in [4.78, 5) is 9.96. The Labute approximate surface area is 97.3 Å². The van der Waals surface area contributed by atoms with Crippen LogP contribution in [0.15, 0.2) is 18.2 Å². The number of rotatable bonds is 4. The van der Waals surface area contributed by atoms with E-state index in [0.29, 0.717) is 12.8 Å². The Kier molecular flexibility index (Phi) is 2.66. The minimum absolute atomic E-state index is 0.371. The van der Waals surface area contributed by atoms with Gasteiger partial charge in [0, 0.05) is 6.07 Å². The Hall–Kier alpha value is -1.83. The number of nitro benzene ring substituents is 1. The van der Waals surface area contributed by atoms with Gasteiger partial charge in [0.1, 0.15) is 5.75 Å². The number of para-hydroxylation sites is 1. The number of hydrogen-bond donors (Lipinski definition) is 2. The zero-order chi connectivity index (χ0) is 12.6. The SMILES string of the molecule is O=[N+]([O-])c1cccc(O)c1NS(=O)(=O)C1CC1. The molecule has 7 nitrogen and oxygen atoms in total. The second kappa shape index (κ2) is 3.88. The Morgan fingerprint density at radius 3 is 2.59 bits per heavy atom. The van der Waals surface area contributed by atoms with Crippen LogP contribution in [0.3, 0.4) is 0 Å². The van der Waals surface area contributed by atoms with E-state index >= 15 is 0 Å². The summed E-state index contributed by atoms with van der Waals surface area (Å²) in [5.41, 5.74) is -0.835. The van der Waals surface area contributed by atoms with E-state index in [1.165, 1.54) is 12.1 Å². The van der Waals surface area contributed by atoms with Crippen LogP contribution in [0.1, 0.15) is 12.8 Å². The van der Waals surface area contributed by atoms with E-state index in [1.54, 1.807) is 0 Å². The van der Waals surface area contributed by atoms with Crippen LogP contribution >= 0.6 is 0 Å². The van der Waals surface area contributed by atoms with Gasteiger partial charge < -0.3 is 5.11 Å². The lowest BCUT2D eigenvalue weighted by Gasteiger charge is -2.08. The first kappa shape index (κ1) is 11.6. The summed E-state index contributed by atoms with van der Waals surface area (Å²) in [6.45, 7) is 0. The van der Waals surface area contributed by atoms with Crippen LogP contribution in [-0.4, -0.2) is 23.7 Å². The van der Waals surface area contributed by atoms with Crippen molar-refractivity contribution < 1.29 is 18.4 Å². The topological polar surface area (TPSA) is 110 Å². The molecule has 0 atom stereocenters. The molecule has 0 radical (unpaired) electrons. The van der Waals surface area contributed by atoms with Gasteiger partial charge in [-0.15, -0.1) is 0 Å². The molecule has 1 aliphatic carbocycles. The Balaban J connectivity index is 2.41. The van der Waals surface area contributed by atoms with E-state index < -0.39 is 31.6 Å². The number of sulfonamides is 1. The third-order valence-electron chi connectivity index (χ3n) is 2.42. The lowest BCUT2D eigenvalue weighted by molar-refractivity contribution is -0.383. The number of aromatic hydroxyl groups is 1. The molecule has 92 valence electrons. The molecular weight excluding hydrogens is 248 g/mol. The zero-order valence-electron chi connectivity index (χ0n) is 8.66. The molecule has 0 spiro atoms. The number of nitrogens with one attached hydrogen (secondary N) is 1. The highest BCUT2D eigenvalue weighted by molar-refractivity contribution is 7.93. The number of benzene rings is 1. The lowest BCUT2D eigenvalue weighted by Crippen LogP contribution is -2.18. The summed E-state index contributed by atoms with van der Waals surface area (Å²) in [6, 6.07) is 3.60. The van der Waals surface area contributed by atoms with Crippen LogP contribution in [0.4, 0.5) is 11.4 Å². The summed E-state index contributed by atoms with van der Waals surface area (Å²) in [7, 11) is -3.63. The van der Waals surface area contributed by atoms with Crippen LogP contribution in [0.5, 0.6) is 5.75 Å².